The van der Waals surface area contributed by atoms with E-state index in [-0.39, 0.29) is 11.7 Å². The van der Waals surface area contributed by atoms with Crippen LogP contribution in [-0.4, -0.2) is 60.8 Å². The molecule has 156 valence electrons. The van der Waals surface area contributed by atoms with Gasteiger partial charge in [0.25, 0.3) is 5.91 Å². The number of hydrogen-bond donors (Lipinski definition) is 2. The molecule has 1 aromatic carbocycles. The fourth-order valence-electron chi connectivity index (χ4n) is 4.15. The fourth-order valence-corrected chi connectivity index (χ4v) is 4.15. The van der Waals surface area contributed by atoms with E-state index in [2.05, 4.69) is 51.3 Å². The number of amides is 1. The van der Waals surface area contributed by atoms with Crippen LogP contribution >= 0.6 is 0 Å². The number of rotatable bonds is 7. The molecule has 0 atom stereocenters. The normalized spacial score (nSPS) is 14.8. The third kappa shape index (κ3) is 5.07. The van der Waals surface area contributed by atoms with Crippen molar-refractivity contribution < 1.29 is 9.59 Å². The lowest BCUT2D eigenvalue weighted by Gasteiger charge is -2.36. The maximum Gasteiger partial charge on any atom is 0.268 e. The molecule has 1 amide bonds. The van der Waals surface area contributed by atoms with E-state index in [0.29, 0.717) is 17.8 Å². The molecule has 0 spiro atoms. The average Bonchev–Trinajstić information content (AvgIpc) is 3.00. The van der Waals surface area contributed by atoms with Crippen LogP contribution in [0.25, 0.3) is 0 Å². The molecule has 0 aliphatic carbocycles. The predicted octanol–water partition coefficient (Wildman–Crippen LogP) is 3.08. The molecule has 0 radical (unpaired) electrons. The quantitative estimate of drug-likeness (QED) is 0.557. The van der Waals surface area contributed by atoms with Crippen molar-refractivity contribution in [2.24, 2.45) is 0 Å². The average molecular weight is 397 g/mol. The van der Waals surface area contributed by atoms with Crippen LogP contribution < -0.4 is 10.2 Å². The van der Waals surface area contributed by atoms with Crippen molar-refractivity contribution in [3.05, 3.63) is 52.3 Å². The molecule has 3 rings (SSSR count). The summed E-state index contributed by atoms with van der Waals surface area (Å²) in [5, 5.41) is 2.98. The van der Waals surface area contributed by atoms with Gasteiger partial charge in [0.1, 0.15) is 5.69 Å². The minimum atomic E-state index is -0.137. The predicted molar refractivity (Wildman–Crippen MR) is 117 cm³/mol. The summed E-state index contributed by atoms with van der Waals surface area (Å²) in [4.78, 5) is 32.1. The van der Waals surface area contributed by atoms with Gasteiger partial charge < -0.3 is 15.2 Å². The number of benzene rings is 1. The van der Waals surface area contributed by atoms with Crippen LogP contribution in [0.4, 0.5) is 5.69 Å². The molecule has 2 heterocycles. The molecule has 1 fully saturated rings. The number of anilines is 1. The monoisotopic (exact) mass is 396 g/mol. The molecule has 0 bridgehead atoms. The van der Waals surface area contributed by atoms with E-state index >= 15 is 0 Å². The Morgan fingerprint density at radius 3 is 2.45 bits per heavy atom. The highest BCUT2D eigenvalue weighted by Crippen LogP contribution is 2.19. The molecule has 0 saturated carbocycles. The Bertz CT molecular complexity index is 879. The van der Waals surface area contributed by atoms with Gasteiger partial charge >= 0.3 is 0 Å². The Morgan fingerprint density at radius 2 is 1.83 bits per heavy atom. The van der Waals surface area contributed by atoms with Gasteiger partial charge in [0.15, 0.2) is 5.78 Å². The first-order chi connectivity index (χ1) is 13.9. The first-order valence-electron chi connectivity index (χ1n) is 10.4. The third-order valence-corrected chi connectivity index (χ3v) is 5.69. The van der Waals surface area contributed by atoms with Gasteiger partial charge in [-0.25, -0.2) is 0 Å². The summed E-state index contributed by atoms with van der Waals surface area (Å²) >= 11 is 0. The molecular formula is C23H32N4O2. The molecule has 6 nitrogen and oxygen atoms in total. The minimum absolute atomic E-state index is 0.0138. The number of H-pyrrole nitrogens is 1. The van der Waals surface area contributed by atoms with Gasteiger partial charge in [0, 0.05) is 49.7 Å². The molecule has 2 N–H and O–H groups in total. The zero-order chi connectivity index (χ0) is 21.0. The van der Waals surface area contributed by atoms with Crippen molar-refractivity contribution in [3.8, 4) is 0 Å². The lowest BCUT2D eigenvalue weighted by atomic mass is 10.1. The first-order valence-corrected chi connectivity index (χ1v) is 10.4. The van der Waals surface area contributed by atoms with E-state index in [4.69, 9.17) is 0 Å². The van der Waals surface area contributed by atoms with Crippen molar-refractivity contribution in [2.45, 2.75) is 34.1 Å². The maximum absolute atomic E-state index is 12.5. The number of aromatic amines is 1. The molecule has 1 aromatic heterocycles. The summed E-state index contributed by atoms with van der Waals surface area (Å²) in [6.07, 6.45) is 0.911. The topological polar surface area (TPSA) is 68.4 Å². The molecule has 1 aliphatic heterocycles. The fraction of sp³-hybridized carbons (Fsp3) is 0.478. The summed E-state index contributed by atoms with van der Waals surface area (Å²) in [5.74, 6) is -0.150. The Labute approximate surface area is 173 Å². The van der Waals surface area contributed by atoms with Crippen LogP contribution in [-0.2, 0) is 0 Å². The largest absolute Gasteiger partial charge is 0.369 e. The second kappa shape index (κ2) is 9.27. The third-order valence-electron chi connectivity index (χ3n) is 5.69. The number of carbonyl (C=O) groups is 2. The van der Waals surface area contributed by atoms with Crippen molar-refractivity contribution in [3.63, 3.8) is 0 Å². The van der Waals surface area contributed by atoms with Crippen molar-refractivity contribution >= 4 is 17.4 Å². The lowest BCUT2D eigenvalue weighted by molar-refractivity contribution is 0.0946. The SMILES string of the molecule is CC(=O)c1c(C)[nH]c(C(=O)NCCCN2CCN(c3cccc(C)c3)CC2)c1C. The van der Waals surface area contributed by atoms with E-state index in [1.165, 1.54) is 18.2 Å². The number of Topliss-reactive ketones (excluding diaryl/α,β-unsaturated/α-hetero) is 1. The number of carbonyl (C=O) groups excluding carboxylic acids is 2. The molecule has 0 unspecified atom stereocenters. The van der Waals surface area contributed by atoms with E-state index in [1.54, 1.807) is 0 Å². The number of nitrogens with one attached hydrogen (secondary N) is 2. The smallest absolute Gasteiger partial charge is 0.268 e. The second-order valence-corrected chi connectivity index (χ2v) is 7.96. The van der Waals surface area contributed by atoms with Gasteiger partial charge in [0.05, 0.1) is 0 Å². The Morgan fingerprint density at radius 1 is 1.10 bits per heavy atom. The standard InChI is InChI=1S/C23H32N4O2/c1-16-7-5-8-20(15-16)27-13-11-26(12-14-27)10-6-9-24-23(29)22-17(2)21(19(4)28)18(3)25-22/h5,7-8,15,25H,6,9-14H2,1-4H3,(H,24,29). The summed E-state index contributed by atoms with van der Waals surface area (Å²) in [7, 11) is 0. The number of piperazine rings is 1. The van der Waals surface area contributed by atoms with E-state index in [1.807, 2.05) is 13.8 Å². The van der Waals surface area contributed by atoms with Crippen LogP contribution in [0.5, 0.6) is 0 Å². The number of ketones is 1. The number of aromatic nitrogens is 1. The van der Waals surface area contributed by atoms with Crippen LogP contribution in [0.2, 0.25) is 0 Å². The van der Waals surface area contributed by atoms with Gasteiger partial charge in [0.2, 0.25) is 0 Å². The summed E-state index contributed by atoms with van der Waals surface area (Å²) < 4.78 is 0. The second-order valence-electron chi connectivity index (χ2n) is 7.96. The van der Waals surface area contributed by atoms with Crippen molar-refractivity contribution in [1.82, 2.24) is 15.2 Å². The zero-order valence-corrected chi connectivity index (χ0v) is 18.0. The molecule has 2 aromatic rings. The highest BCUT2D eigenvalue weighted by Gasteiger charge is 2.20. The zero-order valence-electron chi connectivity index (χ0n) is 18.0. The van der Waals surface area contributed by atoms with Gasteiger partial charge in [-0.1, -0.05) is 12.1 Å². The van der Waals surface area contributed by atoms with Crippen molar-refractivity contribution in [2.75, 3.05) is 44.2 Å². The van der Waals surface area contributed by atoms with Crippen LogP contribution in [0.3, 0.4) is 0 Å². The van der Waals surface area contributed by atoms with Gasteiger partial charge in [-0.2, -0.15) is 0 Å². The van der Waals surface area contributed by atoms with Crippen LogP contribution in [0.1, 0.15) is 51.0 Å². The Hall–Kier alpha value is -2.60. The summed E-state index contributed by atoms with van der Waals surface area (Å²) in [6.45, 7) is 13.1. The van der Waals surface area contributed by atoms with Gasteiger partial charge in [-0.15, -0.1) is 0 Å². The number of aryl methyl sites for hydroxylation is 2. The van der Waals surface area contributed by atoms with Crippen LogP contribution in [0, 0.1) is 20.8 Å². The van der Waals surface area contributed by atoms with E-state index < -0.39 is 0 Å². The van der Waals surface area contributed by atoms with Crippen molar-refractivity contribution in [1.29, 1.82) is 0 Å². The van der Waals surface area contributed by atoms with Gasteiger partial charge in [-0.3, -0.25) is 14.5 Å². The molecule has 1 saturated heterocycles. The maximum atomic E-state index is 12.5. The minimum Gasteiger partial charge on any atom is -0.369 e. The highest BCUT2D eigenvalue weighted by molar-refractivity contribution is 6.02. The number of nitrogens with zero attached hydrogens (tertiary/aromatic N) is 2. The molecule has 29 heavy (non-hydrogen) atoms. The van der Waals surface area contributed by atoms with E-state index in [9.17, 15) is 9.59 Å². The molecule has 6 heteroatoms. The summed E-state index contributed by atoms with van der Waals surface area (Å²) in [5.41, 5.74) is 5.22. The Balaban J connectivity index is 1.41. The first kappa shape index (κ1) is 21.1. The highest BCUT2D eigenvalue weighted by atomic mass is 16.2. The summed E-state index contributed by atoms with van der Waals surface area (Å²) in [6, 6.07) is 8.67. The molecule has 1 aliphatic rings. The van der Waals surface area contributed by atoms with Crippen LogP contribution in [0.15, 0.2) is 24.3 Å². The number of hydrogen-bond acceptors (Lipinski definition) is 4. The van der Waals surface area contributed by atoms with Gasteiger partial charge in [-0.05, 0) is 63.9 Å². The molecular weight excluding hydrogens is 364 g/mol. The lowest BCUT2D eigenvalue weighted by Crippen LogP contribution is -2.47. The Kier molecular flexibility index (Phi) is 6.75. The van der Waals surface area contributed by atoms with E-state index in [0.717, 1.165) is 50.4 Å².